The third-order valence-corrected chi connectivity index (χ3v) is 4.52. The van der Waals surface area contributed by atoms with Crippen LogP contribution in [0.1, 0.15) is 25.3 Å². The van der Waals surface area contributed by atoms with Crippen molar-refractivity contribution in [1.29, 1.82) is 0 Å². The molecule has 1 aliphatic heterocycles. The topological polar surface area (TPSA) is 131 Å². The van der Waals surface area contributed by atoms with E-state index in [9.17, 15) is 30.6 Å². The van der Waals surface area contributed by atoms with Gasteiger partial charge in [-0.15, -0.1) is 0 Å². The van der Waals surface area contributed by atoms with E-state index in [0.717, 1.165) is 0 Å². The summed E-state index contributed by atoms with van der Waals surface area (Å²) in [5.74, 6) is -2.76. The van der Waals surface area contributed by atoms with Gasteiger partial charge in [-0.25, -0.2) is 0 Å². The standard InChI is InChI=1S/C18H26O7/c1-2-4-12(8-7-11-5-3-6-13(20)9-11)18(24)17(23)16(22)15(21)14(10-19)25-18/h3,5-9,12,14-17,19-24H,2,4,10H2,1H3/b8-7+/t12?,14-,15-,16+,17-,18-/m1/s1. The fourth-order valence-corrected chi connectivity index (χ4v) is 3.09. The summed E-state index contributed by atoms with van der Waals surface area (Å²) >= 11 is 0. The Morgan fingerprint density at radius 3 is 2.56 bits per heavy atom. The van der Waals surface area contributed by atoms with Gasteiger partial charge in [-0.3, -0.25) is 0 Å². The average molecular weight is 354 g/mol. The summed E-state index contributed by atoms with van der Waals surface area (Å²) in [7, 11) is 0. The first-order chi connectivity index (χ1) is 11.8. The molecule has 0 aliphatic carbocycles. The predicted octanol–water partition coefficient (Wildman–Crippen LogP) is -0.0159. The van der Waals surface area contributed by atoms with Crippen molar-refractivity contribution in [2.45, 2.75) is 50.0 Å². The molecule has 0 bridgehead atoms. The zero-order chi connectivity index (χ0) is 18.6. The monoisotopic (exact) mass is 354 g/mol. The Hall–Kier alpha value is -1.48. The molecule has 1 unspecified atom stereocenters. The highest BCUT2D eigenvalue weighted by molar-refractivity contribution is 5.51. The molecule has 1 aromatic rings. The third-order valence-electron chi connectivity index (χ3n) is 4.52. The number of phenolic OH excluding ortho intramolecular Hbond substituents is 1. The van der Waals surface area contributed by atoms with Crippen LogP contribution in [0.5, 0.6) is 5.75 Å². The van der Waals surface area contributed by atoms with E-state index in [4.69, 9.17) is 4.74 Å². The fourth-order valence-electron chi connectivity index (χ4n) is 3.09. The van der Waals surface area contributed by atoms with Crippen molar-refractivity contribution < 1.29 is 35.4 Å². The largest absolute Gasteiger partial charge is 0.508 e. The van der Waals surface area contributed by atoms with Gasteiger partial charge >= 0.3 is 0 Å². The zero-order valence-corrected chi connectivity index (χ0v) is 14.1. The molecule has 6 atom stereocenters. The quantitative estimate of drug-likeness (QED) is 0.423. The van der Waals surface area contributed by atoms with E-state index in [1.54, 1.807) is 24.3 Å². The Kier molecular flexibility index (Phi) is 6.56. The Morgan fingerprint density at radius 2 is 1.96 bits per heavy atom. The van der Waals surface area contributed by atoms with Gasteiger partial charge in [0.1, 0.15) is 30.2 Å². The van der Waals surface area contributed by atoms with Crippen molar-refractivity contribution in [3.8, 4) is 5.75 Å². The third kappa shape index (κ3) is 4.20. The number of phenols is 1. The number of hydrogen-bond acceptors (Lipinski definition) is 7. The summed E-state index contributed by atoms with van der Waals surface area (Å²) in [6.45, 7) is 1.28. The maximum absolute atomic E-state index is 10.9. The summed E-state index contributed by atoms with van der Waals surface area (Å²) in [6, 6.07) is 6.51. The van der Waals surface area contributed by atoms with Crippen molar-refractivity contribution >= 4 is 6.08 Å². The van der Waals surface area contributed by atoms with Gasteiger partial charge < -0.3 is 35.4 Å². The van der Waals surface area contributed by atoms with Crippen LogP contribution in [0.4, 0.5) is 0 Å². The number of ether oxygens (including phenoxy) is 1. The second-order valence-electron chi connectivity index (χ2n) is 6.37. The molecule has 140 valence electrons. The number of rotatable bonds is 6. The molecule has 7 nitrogen and oxygen atoms in total. The van der Waals surface area contributed by atoms with Crippen LogP contribution < -0.4 is 0 Å². The summed E-state index contributed by atoms with van der Waals surface area (Å²) < 4.78 is 5.39. The molecule has 1 aliphatic rings. The van der Waals surface area contributed by atoms with Crippen LogP contribution in [-0.2, 0) is 4.74 Å². The number of hydrogen-bond donors (Lipinski definition) is 6. The van der Waals surface area contributed by atoms with Crippen LogP contribution in [-0.4, -0.2) is 67.4 Å². The molecule has 1 heterocycles. The molecular weight excluding hydrogens is 328 g/mol. The molecule has 0 aromatic heterocycles. The van der Waals surface area contributed by atoms with Crippen LogP contribution in [0.2, 0.25) is 0 Å². The van der Waals surface area contributed by atoms with E-state index < -0.39 is 42.7 Å². The van der Waals surface area contributed by atoms with Gasteiger partial charge in [-0.2, -0.15) is 0 Å². The van der Waals surface area contributed by atoms with Crippen molar-refractivity contribution in [2.24, 2.45) is 5.92 Å². The lowest BCUT2D eigenvalue weighted by molar-refractivity contribution is -0.363. The van der Waals surface area contributed by atoms with E-state index >= 15 is 0 Å². The fraction of sp³-hybridized carbons (Fsp3) is 0.556. The van der Waals surface area contributed by atoms with E-state index in [-0.39, 0.29) is 5.75 Å². The minimum atomic E-state index is -2.16. The van der Waals surface area contributed by atoms with Gasteiger partial charge in [0.05, 0.1) is 6.61 Å². The maximum Gasteiger partial charge on any atom is 0.201 e. The molecule has 0 saturated carbocycles. The van der Waals surface area contributed by atoms with Gasteiger partial charge in [0.2, 0.25) is 5.79 Å². The number of aromatic hydroxyl groups is 1. The first kappa shape index (κ1) is 19.8. The molecule has 1 saturated heterocycles. The Morgan fingerprint density at radius 1 is 1.24 bits per heavy atom. The number of aliphatic hydroxyl groups is 5. The highest BCUT2D eigenvalue weighted by Crippen LogP contribution is 2.37. The van der Waals surface area contributed by atoms with Crippen LogP contribution in [0.15, 0.2) is 30.3 Å². The maximum atomic E-state index is 10.9. The lowest BCUT2D eigenvalue weighted by atomic mass is 9.82. The van der Waals surface area contributed by atoms with E-state index in [1.807, 2.05) is 6.92 Å². The van der Waals surface area contributed by atoms with Gasteiger partial charge in [0, 0.05) is 5.92 Å². The smallest absolute Gasteiger partial charge is 0.201 e. The lowest BCUT2D eigenvalue weighted by Gasteiger charge is -2.48. The van der Waals surface area contributed by atoms with Crippen LogP contribution in [0, 0.1) is 5.92 Å². The molecule has 6 N–H and O–H groups in total. The molecule has 25 heavy (non-hydrogen) atoms. The molecule has 1 fully saturated rings. The van der Waals surface area contributed by atoms with Crippen molar-refractivity contribution in [1.82, 2.24) is 0 Å². The Bertz CT molecular complexity index is 589. The Labute approximate surface area is 146 Å². The molecular formula is C18H26O7. The molecule has 1 aromatic carbocycles. The molecule has 0 radical (unpaired) electrons. The highest BCUT2D eigenvalue weighted by atomic mass is 16.7. The van der Waals surface area contributed by atoms with Gasteiger partial charge in [0.25, 0.3) is 0 Å². The zero-order valence-electron chi connectivity index (χ0n) is 14.1. The highest BCUT2D eigenvalue weighted by Gasteiger charge is 2.55. The first-order valence-corrected chi connectivity index (χ1v) is 8.36. The van der Waals surface area contributed by atoms with Crippen molar-refractivity contribution in [2.75, 3.05) is 6.61 Å². The average Bonchev–Trinajstić information content (AvgIpc) is 2.60. The molecule has 7 heteroatoms. The van der Waals surface area contributed by atoms with E-state index in [1.165, 1.54) is 12.1 Å². The number of aliphatic hydroxyl groups excluding tert-OH is 4. The summed E-state index contributed by atoms with van der Waals surface area (Å²) in [5, 5.41) is 59.9. The minimum Gasteiger partial charge on any atom is -0.508 e. The summed E-state index contributed by atoms with van der Waals surface area (Å²) in [6.07, 6.45) is -1.71. The summed E-state index contributed by atoms with van der Waals surface area (Å²) in [4.78, 5) is 0. The second kappa shape index (κ2) is 8.27. The van der Waals surface area contributed by atoms with Gasteiger partial charge in [0.15, 0.2) is 0 Å². The van der Waals surface area contributed by atoms with Crippen LogP contribution >= 0.6 is 0 Å². The molecule has 0 spiro atoms. The normalized spacial score (nSPS) is 34.3. The van der Waals surface area contributed by atoms with Crippen LogP contribution in [0.3, 0.4) is 0 Å². The minimum absolute atomic E-state index is 0.0979. The van der Waals surface area contributed by atoms with Crippen molar-refractivity contribution in [3.63, 3.8) is 0 Å². The van der Waals surface area contributed by atoms with Gasteiger partial charge in [-0.05, 0) is 24.1 Å². The predicted molar refractivity (Wildman–Crippen MR) is 90.5 cm³/mol. The van der Waals surface area contributed by atoms with E-state index in [2.05, 4.69) is 0 Å². The Balaban J connectivity index is 2.30. The second-order valence-corrected chi connectivity index (χ2v) is 6.37. The SMILES string of the molecule is CCCC(/C=C/c1cccc(O)c1)[C@@]1(O)O[C@H](CO)[C@@H](O)[C@H](O)[C@H]1O. The van der Waals surface area contributed by atoms with E-state index in [0.29, 0.717) is 18.4 Å². The van der Waals surface area contributed by atoms with Gasteiger partial charge in [-0.1, -0.05) is 37.6 Å². The number of benzene rings is 1. The molecule has 0 amide bonds. The molecule has 2 rings (SSSR count). The van der Waals surface area contributed by atoms with Crippen molar-refractivity contribution in [3.05, 3.63) is 35.9 Å². The first-order valence-electron chi connectivity index (χ1n) is 8.36. The summed E-state index contributed by atoms with van der Waals surface area (Å²) in [5.41, 5.74) is 0.689. The van der Waals surface area contributed by atoms with Crippen LogP contribution in [0.25, 0.3) is 6.08 Å². The lowest BCUT2D eigenvalue weighted by Crippen LogP contribution is -2.67.